The maximum Gasteiger partial charge on any atom is 0.00122 e. The summed E-state index contributed by atoms with van der Waals surface area (Å²) in [5.74, 6) is 2.14. The second-order valence-corrected chi connectivity index (χ2v) is 3.81. The lowest BCUT2D eigenvalue weighted by Crippen LogP contribution is -2.47. The van der Waals surface area contributed by atoms with Crippen LogP contribution in [-0.4, -0.2) is 24.5 Å². The van der Waals surface area contributed by atoms with Crippen molar-refractivity contribution in [3.05, 3.63) is 0 Å². The van der Waals surface area contributed by atoms with Crippen molar-refractivity contribution < 1.29 is 0 Å². The van der Waals surface area contributed by atoms with Crippen LogP contribution in [0.2, 0.25) is 0 Å². The summed E-state index contributed by atoms with van der Waals surface area (Å²) in [6.07, 6.45) is 4.37. The van der Waals surface area contributed by atoms with E-state index in [-0.39, 0.29) is 0 Å². The molecule has 3 saturated heterocycles. The van der Waals surface area contributed by atoms with E-state index in [1.54, 1.807) is 0 Å². The third kappa shape index (κ3) is 0.968. The largest absolute Gasteiger partial charge is 0.303 e. The summed E-state index contributed by atoms with van der Waals surface area (Å²) in [4.78, 5) is 2.63. The zero-order chi connectivity index (χ0) is 6.97. The first-order valence-corrected chi connectivity index (χ1v) is 4.62. The Morgan fingerprint density at radius 1 is 1.30 bits per heavy atom. The first-order valence-electron chi connectivity index (χ1n) is 4.62. The Morgan fingerprint density at radius 2 is 2.00 bits per heavy atom. The molecule has 58 valence electrons. The molecule has 0 unspecified atom stereocenters. The molecule has 0 aromatic heterocycles. The maximum atomic E-state index is 2.63. The van der Waals surface area contributed by atoms with Gasteiger partial charge < -0.3 is 4.90 Å². The average molecular weight is 139 g/mol. The minimum atomic E-state index is 1.04. The van der Waals surface area contributed by atoms with E-state index in [9.17, 15) is 0 Å². The van der Waals surface area contributed by atoms with Gasteiger partial charge in [-0.05, 0) is 37.8 Å². The fourth-order valence-electron chi connectivity index (χ4n) is 2.55. The van der Waals surface area contributed by atoms with Crippen LogP contribution in [0.5, 0.6) is 0 Å². The molecule has 1 heteroatoms. The molecule has 3 aliphatic rings. The summed E-state index contributed by atoms with van der Waals surface area (Å²) in [5, 5.41) is 0. The standard InChI is InChI=1S/C9H17N/c1-2-8-7-10-5-3-9(8)4-6-10/h8-9H,2-7H2,1H3/t8-/m0/s1. The molecule has 0 radical (unpaired) electrons. The molecule has 10 heavy (non-hydrogen) atoms. The monoisotopic (exact) mass is 139 g/mol. The molecule has 0 saturated carbocycles. The Morgan fingerprint density at radius 3 is 2.30 bits per heavy atom. The second-order valence-electron chi connectivity index (χ2n) is 3.81. The highest BCUT2D eigenvalue weighted by Gasteiger charge is 2.32. The Kier molecular flexibility index (Phi) is 1.69. The minimum Gasteiger partial charge on any atom is -0.303 e. The van der Waals surface area contributed by atoms with E-state index in [1.165, 1.54) is 38.9 Å². The van der Waals surface area contributed by atoms with Crippen LogP contribution < -0.4 is 0 Å². The van der Waals surface area contributed by atoms with E-state index >= 15 is 0 Å². The zero-order valence-electron chi connectivity index (χ0n) is 6.84. The second kappa shape index (κ2) is 2.54. The third-order valence-corrected chi connectivity index (χ3v) is 3.32. The van der Waals surface area contributed by atoms with E-state index in [2.05, 4.69) is 11.8 Å². The summed E-state index contributed by atoms with van der Waals surface area (Å²) in [6, 6.07) is 0. The van der Waals surface area contributed by atoms with Crippen LogP contribution in [-0.2, 0) is 0 Å². The molecule has 0 aromatic rings. The van der Waals surface area contributed by atoms with Gasteiger partial charge in [0.05, 0.1) is 0 Å². The van der Waals surface area contributed by atoms with Gasteiger partial charge in [-0.15, -0.1) is 0 Å². The van der Waals surface area contributed by atoms with Crippen molar-refractivity contribution in [1.29, 1.82) is 0 Å². The molecule has 3 aliphatic heterocycles. The topological polar surface area (TPSA) is 3.24 Å². The van der Waals surface area contributed by atoms with Crippen LogP contribution in [0.4, 0.5) is 0 Å². The molecule has 3 rings (SSSR count). The number of hydrogen-bond donors (Lipinski definition) is 0. The lowest BCUT2D eigenvalue weighted by atomic mass is 9.78. The number of piperidine rings is 3. The van der Waals surface area contributed by atoms with Crippen LogP contribution in [0.1, 0.15) is 26.2 Å². The van der Waals surface area contributed by atoms with Gasteiger partial charge in [0, 0.05) is 6.54 Å². The predicted octanol–water partition coefficient (Wildman–Crippen LogP) is 1.74. The molecule has 0 amide bonds. The molecule has 0 spiro atoms. The highest BCUT2D eigenvalue weighted by Crippen LogP contribution is 2.33. The summed E-state index contributed by atoms with van der Waals surface area (Å²) in [6.45, 7) is 6.52. The van der Waals surface area contributed by atoms with Crippen molar-refractivity contribution >= 4 is 0 Å². The Hall–Kier alpha value is -0.0400. The summed E-state index contributed by atoms with van der Waals surface area (Å²) in [5.41, 5.74) is 0. The van der Waals surface area contributed by atoms with Crippen molar-refractivity contribution in [2.45, 2.75) is 26.2 Å². The number of rotatable bonds is 1. The van der Waals surface area contributed by atoms with Gasteiger partial charge in [-0.2, -0.15) is 0 Å². The maximum absolute atomic E-state index is 2.63. The van der Waals surface area contributed by atoms with Crippen molar-refractivity contribution in [2.75, 3.05) is 19.6 Å². The quantitative estimate of drug-likeness (QED) is 0.535. The van der Waals surface area contributed by atoms with Crippen LogP contribution in [0.25, 0.3) is 0 Å². The van der Waals surface area contributed by atoms with Crippen LogP contribution >= 0.6 is 0 Å². The predicted molar refractivity (Wildman–Crippen MR) is 42.9 cm³/mol. The Labute approximate surface area is 63.4 Å². The fourth-order valence-corrected chi connectivity index (χ4v) is 2.55. The number of nitrogens with zero attached hydrogens (tertiary/aromatic N) is 1. The van der Waals surface area contributed by atoms with Crippen LogP contribution in [0, 0.1) is 11.8 Å². The number of fused-ring (bicyclic) bond motifs is 3. The molecule has 1 nitrogen and oxygen atoms in total. The zero-order valence-corrected chi connectivity index (χ0v) is 6.84. The average Bonchev–Trinajstić information content (AvgIpc) is 2.06. The highest BCUT2D eigenvalue weighted by molar-refractivity contribution is 4.85. The van der Waals surface area contributed by atoms with E-state index < -0.39 is 0 Å². The molecule has 0 N–H and O–H groups in total. The lowest BCUT2D eigenvalue weighted by molar-refractivity contribution is 0.0492. The molecular weight excluding hydrogens is 122 g/mol. The molecular formula is C9H17N. The SMILES string of the molecule is CC[C@H]1CN2CCC1CC2. The fraction of sp³-hybridized carbons (Fsp3) is 1.00. The van der Waals surface area contributed by atoms with Crippen molar-refractivity contribution in [1.82, 2.24) is 4.90 Å². The molecule has 3 heterocycles. The molecule has 3 fully saturated rings. The van der Waals surface area contributed by atoms with Crippen molar-refractivity contribution in [2.24, 2.45) is 11.8 Å². The van der Waals surface area contributed by atoms with Gasteiger partial charge in [0.25, 0.3) is 0 Å². The van der Waals surface area contributed by atoms with Gasteiger partial charge in [-0.3, -0.25) is 0 Å². The van der Waals surface area contributed by atoms with Gasteiger partial charge in [0.2, 0.25) is 0 Å². The molecule has 1 atom stereocenters. The van der Waals surface area contributed by atoms with E-state index in [1.807, 2.05) is 0 Å². The first-order chi connectivity index (χ1) is 4.90. The third-order valence-electron chi connectivity index (χ3n) is 3.32. The Bertz CT molecular complexity index is 114. The molecule has 0 aliphatic carbocycles. The summed E-state index contributed by atoms with van der Waals surface area (Å²) in [7, 11) is 0. The van der Waals surface area contributed by atoms with Gasteiger partial charge in [0.15, 0.2) is 0 Å². The van der Waals surface area contributed by atoms with Gasteiger partial charge in [-0.1, -0.05) is 13.3 Å². The minimum absolute atomic E-state index is 1.04. The van der Waals surface area contributed by atoms with Gasteiger partial charge in [0.1, 0.15) is 0 Å². The van der Waals surface area contributed by atoms with Gasteiger partial charge >= 0.3 is 0 Å². The van der Waals surface area contributed by atoms with Gasteiger partial charge in [-0.25, -0.2) is 0 Å². The first kappa shape index (κ1) is 6.66. The molecule has 2 bridgehead atoms. The van der Waals surface area contributed by atoms with Crippen LogP contribution in [0.15, 0.2) is 0 Å². The van der Waals surface area contributed by atoms with E-state index in [0.29, 0.717) is 0 Å². The lowest BCUT2D eigenvalue weighted by Gasteiger charge is -2.44. The summed E-state index contributed by atoms with van der Waals surface area (Å²) < 4.78 is 0. The normalized spacial score (nSPS) is 45.9. The van der Waals surface area contributed by atoms with Crippen molar-refractivity contribution in [3.8, 4) is 0 Å². The number of hydrogen-bond acceptors (Lipinski definition) is 1. The van der Waals surface area contributed by atoms with Crippen LogP contribution in [0.3, 0.4) is 0 Å². The summed E-state index contributed by atoms with van der Waals surface area (Å²) >= 11 is 0. The smallest absolute Gasteiger partial charge is 0.00122 e. The van der Waals surface area contributed by atoms with E-state index in [0.717, 1.165) is 11.8 Å². The molecule has 0 aromatic carbocycles. The Balaban J connectivity index is 2.01. The van der Waals surface area contributed by atoms with E-state index in [4.69, 9.17) is 0 Å². The van der Waals surface area contributed by atoms with Crippen molar-refractivity contribution in [3.63, 3.8) is 0 Å². The highest BCUT2D eigenvalue weighted by atomic mass is 15.1.